The number of benzene rings is 1. The molecule has 0 saturated carbocycles. The molecule has 0 aliphatic carbocycles. The normalized spacial score (nSPS) is 14.0. The Balaban J connectivity index is 3.43. The Labute approximate surface area is 101 Å². The van der Waals surface area contributed by atoms with Gasteiger partial charge in [0.15, 0.2) is 11.5 Å². The van der Waals surface area contributed by atoms with Crippen LogP contribution in [-0.2, 0) is 5.60 Å². The van der Waals surface area contributed by atoms with Gasteiger partial charge in [0.2, 0.25) is 5.75 Å². The van der Waals surface area contributed by atoms with E-state index in [-0.39, 0.29) is 6.54 Å². The molecule has 0 radical (unpaired) electrons. The van der Waals surface area contributed by atoms with Crippen LogP contribution in [0.25, 0.3) is 0 Å². The number of rotatable bonds is 5. The van der Waals surface area contributed by atoms with Gasteiger partial charge in [-0.3, -0.25) is 0 Å². The average molecular weight is 241 g/mol. The van der Waals surface area contributed by atoms with E-state index in [1.165, 1.54) is 21.3 Å². The molecule has 0 heterocycles. The van der Waals surface area contributed by atoms with Crippen molar-refractivity contribution < 1.29 is 19.3 Å². The standard InChI is InChI=1S/C12H19NO4/c1-12(14,7-13)8-5-6-9(15-2)11(17-4)10(8)16-3/h5-6,14H,7,13H2,1-4H3. The van der Waals surface area contributed by atoms with Crippen molar-refractivity contribution in [3.8, 4) is 17.2 Å². The number of nitrogens with two attached hydrogens (primary N) is 1. The van der Waals surface area contributed by atoms with Crippen molar-refractivity contribution in [1.29, 1.82) is 0 Å². The van der Waals surface area contributed by atoms with E-state index < -0.39 is 5.60 Å². The zero-order valence-corrected chi connectivity index (χ0v) is 10.6. The molecule has 17 heavy (non-hydrogen) atoms. The van der Waals surface area contributed by atoms with Gasteiger partial charge in [-0.25, -0.2) is 0 Å². The van der Waals surface area contributed by atoms with E-state index in [1.54, 1.807) is 19.1 Å². The van der Waals surface area contributed by atoms with Crippen LogP contribution in [0, 0.1) is 0 Å². The number of methoxy groups -OCH3 is 3. The molecule has 1 atom stereocenters. The highest BCUT2D eigenvalue weighted by molar-refractivity contribution is 5.57. The highest BCUT2D eigenvalue weighted by Crippen LogP contribution is 2.43. The average Bonchev–Trinajstić information content (AvgIpc) is 2.36. The van der Waals surface area contributed by atoms with E-state index >= 15 is 0 Å². The highest BCUT2D eigenvalue weighted by Gasteiger charge is 2.28. The van der Waals surface area contributed by atoms with E-state index in [2.05, 4.69) is 0 Å². The summed E-state index contributed by atoms with van der Waals surface area (Å²) in [5, 5.41) is 10.2. The molecule has 0 bridgehead atoms. The monoisotopic (exact) mass is 241 g/mol. The van der Waals surface area contributed by atoms with Gasteiger partial charge >= 0.3 is 0 Å². The zero-order chi connectivity index (χ0) is 13.1. The van der Waals surface area contributed by atoms with Crippen LogP contribution in [0.5, 0.6) is 17.2 Å². The fourth-order valence-electron chi connectivity index (χ4n) is 1.64. The van der Waals surface area contributed by atoms with E-state index in [4.69, 9.17) is 19.9 Å². The fraction of sp³-hybridized carbons (Fsp3) is 0.500. The van der Waals surface area contributed by atoms with Crippen LogP contribution in [-0.4, -0.2) is 33.0 Å². The molecule has 1 aromatic rings. The maximum absolute atomic E-state index is 10.2. The third-order valence-corrected chi connectivity index (χ3v) is 2.68. The molecule has 0 aliphatic heterocycles. The first-order valence-corrected chi connectivity index (χ1v) is 5.23. The Morgan fingerprint density at radius 2 is 1.71 bits per heavy atom. The minimum Gasteiger partial charge on any atom is -0.493 e. The van der Waals surface area contributed by atoms with Crippen molar-refractivity contribution in [3.63, 3.8) is 0 Å². The number of ether oxygens (including phenoxy) is 3. The second kappa shape index (κ2) is 5.25. The molecular formula is C12H19NO4. The summed E-state index contributed by atoms with van der Waals surface area (Å²) in [4.78, 5) is 0. The second-order valence-electron chi connectivity index (χ2n) is 3.86. The minimum absolute atomic E-state index is 0.0822. The molecule has 1 aromatic carbocycles. The predicted molar refractivity (Wildman–Crippen MR) is 64.7 cm³/mol. The molecular weight excluding hydrogens is 222 g/mol. The van der Waals surface area contributed by atoms with Gasteiger partial charge in [0, 0.05) is 12.1 Å². The molecule has 1 unspecified atom stereocenters. The third kappa shape index (κ3) is 2.45. The molecule has 5 heteroatoms. The van der Waals surface area contributed by atoms with Crippen molar-refractivity contribution in [1.82, 2.24) is 0 Å². The molecule has 0 spiro atoms. The summed E-state index contributed by atoms with van der Waals surface area (Å²) in [5.74, 6) is 1.42. The molecule has 0 amide bonds. The lowest BCUT2D eigenvalue weighted by atomic mass is 9.94. The van der Waals surface area contributed by atoms with Crippen LogP contribution in [0.4, 0.5) is 0 Å². The highest BCUT2D eigenvalue weighted by atomic mass is 16.5. The summed E-state index contributed by atoms with van der Waals surface area (Å²) in [6, 6.07) is 3.42. The molecule has 3 N–H and O–H groups in total. The third-order valence-electron chi connectivity index (χ3n) is 2.68. The number of aliphatic hydroxyl groups is 1. The Kier molecular flexibility index (Phi) is 4.20. The van der Waals surface area contributed by atoms with Crippen molar-refractivity contribution in [3.05, 3.63) is 17.7 Å². The van der Waals surface area contributed by atoms with E-state index in [0.717, 1.165) is 0 Å². The minimum atomic E-state index is -1.18. The molecule has 0 aliphatic rings. The van der Waals surface area contributed by atoms with Gasteiger partial charge in [0.05, 0.1) is 21.3 Å². The van der Waals surface area contributed by atoms with Gasteiger partial charge in [-0.15, -0.1) is 0 Å². The lowest BCUT2D eigenvalue weighted by Crippen LogP contribution is -2.31. The number of hydrogen-bond acceptors (Lipinski definition) is 5. The first-order valence-electron chi connectivity index (χ1n) is 5.23. The smallest absolute Gasteiger partial charge is 0.203 e. The Morgan fingerprint density at radius 1 is 1.12 bits per heavy atom. The van der Waals surface area contributed by atoms with E-state index in [9.17, 15) is 5.11 Å². The van der Waals surface area contributed by atoms with Crippen LogP contribution < -0.4 is 19.9 Å². The maximum atomic E-state index is 10.2. The van der Waals surface area contributed by atoms with Gasteiger partial charge in [-0.1, -0.05) is 0 Å². The Hall–Kier alpha value is -1.46. The van der Waals surface area contributed by atoms with Gasteiger partial charge in [-0.05, 0) is 19.1 Å². The fourth-order valence-corrected chi connectivity index (χ4v) is 1.64. The molecule has 0 aromatic heterocycles. The molecule has 96 valence electrons. The Bertz CT molecular complexity index is 390. The van der Waals surface area contributed by atoms with Crippen LogP contribution >= 0.6 is 0 Å². The maximum Gasteiger partial charge on any atom is 0.203 e. The Morgan fingerprint density at radius 3 is 2.12 bits per heavy atom. The summed E-state index contributed by atoms with van der Waals surface area (Å²) in [7, 11) is 4.56. The molecule has 0 saturated heterocycles. The van der Waals surface area contributed by atoms with Crippen molar-refractivity contribution >= 4 is 0 Å². The summed E-state index contributed by atoms with van der Waals surface area (Å²) in [6.07, 6.45) is 0. The summed E-state index contributed by atoms with van der Waals surface area (Å²) in [5.41, 5.74) is 4.94. The van der Waals surface area contributed by atoms with Crippen LogP contribution in [0.1, 0.15) is 12.5 Å². The summed E-state index contributed by atoms with van der Waals surface area (Å²) >= 11 is 0. The first-order chi connectivity index (χ1) is 8.01. The van der Waals surface area contributed by atoms with Crippen LogP contribution in [0.15, 0.2) is 12.1 Å². The zero-order valence-electron chi connectivity index (χ0n) is 10.6. The quantitative estimate of drug-likeness (QED) is 0.800. The molecule has 5 nitrogen and oxygen atoms in total. The number of hydrogen-bond donors (Lipinski definition) is 2. The first kappa shape index (κ1) is 13.6. The summed E-state index contributed by atoms with van der Waals surface area (Å²) < 4.78 is 15.7. The van der Waals surface area contributed by atoms with Gasteiger partial charge in [0.25, 0.3) is 0 Å². The lowest BCUT2D eigenvalue weighted by molar-refractivity contribution is 0.0635. The van der Waals surface area contributed by atoms with Crippen molar-refractivity contribution in [2.45, 2.75) is 12.5 Å². The summed E-state index contributed by atoms with van der Waals surface area (Å²) in [6.45, 7) is 1.70. The van der Waals surface area contributed by atoms with Crippen molar-refractivity contribution in [2.24, 2.45) is 5.73 Å². The lowest BCUT2D eigenvalue weighted by Gasteiger charge is -2.25. The van der Waals surface area contributed by atoms with Crippen molar-refractivity contribution in [2.75, 3.05) is 27.9 Å². The van der Waals surface area contributed by atoms with Gasteiger partial charge in [-0.2, -0.15) is 0 Å². The van der Waals surface area contributed by atoms with Gasteiger partial charge in [0.1, 0.15) is 5.60 Å². The molecule has 0 fully saturated rings. The largest absolute Gasteiger partial charge is 0.493 e. The topological polar surface area (TPSA) is 73.9 Å². The van der Waals surface area contributed by atoms with E-state index in [0.29, 0.717) is 22.8 Å². The predicted octanol–water partition coefficient (Wildman–Crippen LogP) is 0.879. The van der Waals surface area contributed by atoms with Gasteiger partial charge < -0.3 is 25.1 Å². The van der Waals surface area contributed by atoms with Crippen LogP contribution in [0.3, 0.4) is 0 Å². The molecule has 1 rings (SSSR count). The van der Waals surface area contributed by atoms with E-state index in [1.807, 2.05) is 0 Å². The van der Waals surface area contributed by atoms with Crippen LogP contribution in [0.2, 0.25) is 0 Å². The second-order valence-corrected chi connectivity index (χ2v) is 3.86. The SMILES string of the molecule is COc1ccc(C(C)(O)CN)c(OC)c1OC.